The minimum atomic E-state index is -1.05. The first kappa shape index (κ1) is 20.0. The van der Waals surface area contributed by atoms with E-state index in [4.69, 9.17) is 4.74 Å². The van der Waals surface area contributed by atoms with Crippen molar-refractivity contribution < 1.29 is 24.2 Å². The standard InChI is InChI=1S/C17H28N2O5S/c1-3-4-6-14(20)19-12-25-9-13(19)15(21)18-8-5-7-17(10-18,11-24-2)16(22)23/h13H,3-12H2,1-2H3,(H,22,23). The van der Waals surface area contributed by atoms with Crippen molar-refractivity contribution in [2.75, 3.05) is 38.4 Å². The monoisotopic (exact) mass is 372 g/mol. The summed E-state index contributed by atoms with van der Waals surface area (Å²) in [6.45, 7) is 2.80. The van der Waals surface area contributed by atoms with Gasteiger partial charge >= 0.3 is 5.97 Å². The van der Waals surface area contributed by atoms with E-state index >= 15 is 0 Å². The summed E-state index contributed by atoms with van der Waals surface area (Å²) in [6.07, 6.45) is 3.35. The SMILES string of the molecule is CCCCC(=O)N1CSCC1C(=O)N1CCCC(COC)(C(=O)O)C1. The Balaban J connectivity index is 2.08. The highest BCUT2D eigenvalue weighted by Gasteiger charge is 2.46. The number of carbonyl (C=O) groups is 3. The normalized spacial score (nSPS) is 26.7. The second-order valence-electron chi connectivity index (χ2n) is 6.86. The van der Waals surface area contributed by atoms with Crippen molar-refractivity contribution in [3.8, 4) is 0 Å². The van der Waals surface area contributed by atoms with Gasteiger partial charge in [0.1, 0.15) is 11.5 Å². The Morgan fingerprint density at radius 1 is 1.36 bits per heavy atom. The molecule has 2 aliphatic rings. The lowest BCUT2D eigenvalue weighted by molar-refractivity contribution is -0.160. The Hall–Kier alpha value is -1.28. The van der Waals surface area contributed by atoms with Gasteiger partial charge in [-0.1, -0.05) is 13.3 Å². The Bertz CT molecular complexity index is 511. The molecule has 0 aromatic carbocycles. The molecule has 8 heteroatoms. The number of carbonyl (C=O) groups excluding carboxylic acids is 2. The van der Waals surface area contributed by atoms with Gasteiger partial charge in [0, 0.05) is 32.4 Å². The summed E-state index contributed by atoms with van der Waals surface area (Å²) in [7, 11) is 1.48. The molecule has 2 heterocycles. The Morgan fingerprint density at radius 2 is 2.12 bits per heavy atom. The van der Waals surface area contributed by atoms with E-state index in [2.05, 4.69) is 0 Å². The van der Waals surface area contributed by atoms with Crippen LogP contribution in [0.25, 0.3) is 0 Å². The molecule has 0 bridgehead atoms. The van der Waals surface area contributed by atoms with Gasteiger partial charge in [-0.2, -0.15) is 0 Å². The molecule has 0 radical (unpaired) electrons. The molecular formula is C17H28N2O5S. The fraction of sp³-hybridized carbons (Fsp3) is 0.824. The number of rotatable bonds is 7. The molecule has 2 amide bonds. The summed E-state index contributed by atoms with van der Waals surface area (Å²) in [5.41, 5.74) is -1.05. The van der Waals surface area contributed by atoms with Gasteiger partial charge in [-0.3, -0.25) is 14.4 Å². The first-order valence-corrected chi connectivity index (χ1v) is 9.99. The van der Waals surface area contributed by atoms with Crippen LogP contribution in [0.1, 0.15) is 39.0 Å². The average Bonchev–Trinajstić information content (AvgIpc) is 3.09. The van der Waals surface area contributed by atoms with Gasteiger partial charge in [0.2, 0.25) is 11.8 Å². The summed E-state index contributed by atoms with van der Waals surface area (Å²) >= 11 is 1.58. The predicted octanol–water partition coefficient (Wildman–Crippen LogP) is 1.42. The van der Waals surface area contributed by atoms with Crippen LogP contribution in [0.5, 0.6) is 0 Å². The van der Waals surface area contributed by atoms with Gasteiger partial charge in [-0.25, -0.2) is 0 Å². The van der Waals surface area contributed by atoms with E-state index < -0.39 is 17.4 Å². The van der Waals surface area contributed by atoms with Gasteiger partial charge in [0.15, 0.2) is 0 Å². The van der Waals surface area contributed by atoms with E-state index in [0.29, 0.717) is 37.4 Å². The second kappa shape index (κ2) is 8.89. The zero-order valence-corrected chi connectivity index (χ0v) is 15.8. The van der Waals surface area contributed by atoms with Crippen molar-refractivity contribution >= 4 is 29.5 Å². The summed E-state index contributed by atoms with van der Waals surface area (Å²) in [6, 6.07) is -0.471. The molecule has 0 spiro atoms. The van der Waals surface area contributed by atoms with Crippen LogP contribution in [0.3, 0.4) is 0 Å². The van der Waals surface area contributed by atoms with Crippen LogP contribution in [0, 0.1) is 5.41 Å². The van der Waals surface area contributed by atoms with Gasteiger partial charge < -0.3 is 19.6 Å². The van der Waals surface area contributed by atoms with Crippen molar-refractivity contribution in [3.05, 3.63) is 0 Å². The molecule has 25 heavy (non-hydrogen) atoms. The molecule has 0 aromatic heterocycles. The minimum Gasteiger partial charge on any atom is -0.481 e. The lowest BCUT2D eigenvalue weighted by atomic mass is 9.80. The number of hydrogen-bond acceptors (Lipinski definition) is 5. The molecule has 0 aromatic rings. The number of thioether (sulfide) groups is 1. The quantitative estimate of drug-likeness (QED) is 0.727. The maximum Gasteiger partial charge on any atom is 0.313 e. The fourth-order valence-corrected chi connectivity index (χ4v) is 4.70. The number of aliphatic carboxylic acids is 1. The van der Waals surface area contributed by atoms with Crippen LogP contribution in [0.2, 0.25) is 0 Å². The highest BCUT2D eigenvalue weighted by molar-refractivity contribution is 7.99. The summed E-state index contributed by atoms with van der Waals surface area (Å²) in [5.74, 6) is 0.0790. The number of carboxylic acids is 1. The molecule has 1 N–H and O–H groups in total. The summed E-state index contributed by atoms with van der Waals surface area (Å²) < 4.78 is 5.12. The van der Waals surface area contributed by atoms with Gasteiger partial charge in [-0.05, 0) is 19.3 Å². The lowest BCUT2D eigenvalue weighted by Crippen LogP contribution is -2.56. The van der Waals surface area contributed by atoms with E-state index in [0.717, 1.165) is 12.8 Å². The molecule has 0 aliphatic carbocycles. The number of nitrogens with zero attached hydrogens (tertiary/aromatic N) is 2. The number of unbranched alkanes of at least 4 members (excludes halogenated alkanes) is 1. The zero-order valence-electron chi connectivity index (χ0n) is 15.0. The van der Waals surface area contributed by atoms with Crippen LogP contribution in [-0.2, 0) is 19.1 Å². The maximum atomic E-state index is 13.0. The van der Waals surface area contributed by atoms with Crippen LogP contribution >= 0.6 is 11.8 Å². The Morgan fingerprint density at radius 3 is 2.76 bits per heavy atom. The molecular weight excluding hydrogens is 344 g/mol. The van der Waals surface area contributed by atoms with Crippen LogP contribution in [-0.4, -0.2) is 77.2 Å². The van der Waals surface area contributed by atoms with E-state index in [1.165, 1.54) is 7.11 Å². The van der Waals surface area contributed by atoms with Crippen molar-refractivity contribution in [3.63, 3.8) is 0 Å². The van der Waals surface area contributed by atoms with Crippen molar-refractivity contribution in [2.24, 2.45) is 5.41 Å². The third-order valence-electron chi connectivity index (χ3n) is 4.99. The Kier molecular flexibility index (Phi) is 7.13. The number of amides is 2. The molecule has 2 rings (SSSR count). The van der Waals surface area contributed by atoms with Crippen molar-refractivity contribution in [1.82, 2.24) is 9.80 Å². The first-order valence-electron chi connectivity index (χ1n) is 8.83. The van der Waals surface area contributed by atoms with Crippen LogP contribution in [0.4, 0.5) is 0 Å². The number of methoxy groups -OCH3 is 1. The predicted molar refractivity (Wildman–Crippen MR) is 95.2 cm³/mol. The van der Waals surface area contributed by atoms with Gasteiger partial charge in [0.05, 0.1) is 12.5 Å². The summed E-state index contributed by atoms with van der Waals surface area (Å²) in [4.78, 5) is 40.4. The molecule has 0 saturated carbocycles. The van der Waals surface area contributed by atoms with Gasteiger partial charge in [-0.15, -0.1) is 11.8 Å². The lowest BCUT2D eigenvalue weighted by Gasteiger charge is -2.41. The smallest absolute Gasteiger partial charge is 0.313 e. The average molecular weight is 372 g/mol. The number of likely N-dealkylation sites (tertiary alicyclic amines) is 1. The third-order valence-corrected chi connectivity index (χ3v) is 6.01. The highest BCUT2D eigenvalue weighted by Crippen LogP contribution is 2.32. The van der Waals surface area contributed by atoms with Crippen LogP contribution in [0.15, 0.2) is 0 Å². The number of hydrogen-bond donors (Lipinski definition) is 1. The summed E-state index contributed by atoms with van der Waals surface area (Å²) in [5, 5.41) is 9.64. The van der Waals surface area contributed by atoms with E-state index in [1.807, 2.05) is 6.92 Å². The van der Waals surface area contributed by atoms with E-state index in [-0.39, 0.29) is 25.0 Å². The second-order valence-corrected chi connectivity index (χ2v) is 7.86. The number of piperidine rings is 1. The van der Waals surface area contributed by atoms with E-state index in [1.54, 1.807) is 21.6 Å². The maximum absolute atomic E-state index is 13.0. The molecule has 2 fully saturated rings. The van der Waals surface area contributed by atoms with Crippen LogP contribution < -0.4 is 0 Å². The van der Waals surface area contributed by atoms with Crippen molar-refractivity contribution in [2.45, 2.75) is 45.1 Å². The number of ether oxygens (including phenoxy) is 1. The molecule has 2 atom stereocenters. The third kappa shape index (κ3) is 4.47. The zero-order chi connectivity index (χ0) is 18.4. The van der Waals surface area contributed by atoms with E-state index in [9.17, 15) is 19.5 Å². The molecule has 142 valence electrons. The first-order chi connectivity index (χ1) is 11.9. The Labute approximate surface area is 153 Å². The number of carboxylic acid groups (broad SMARTS) is 1. The largest absolute Gasteiger partial charge is 0.481 e. The minimum absolute atomic E-state index is 0.0172. The molecule has 7 nitrogen and oxygen atoms in total. The topological polar surface area (TPSA) is 87.2 Å². The highest BCUT2D eigenvalue weighted by atomic mass is 32.2. The fourth-order valence-electron chi connectivity index (χ4n) is 3.53. The van der Waals surface area contributed by atoms with Gasteiger partial charge in [0.25, 0.3) is 0 Å². The van der Waals surface area contributed by atoms with Crippen molar-refractivity contribution in [1.29, 1.82) is 0 Å². The molecule has 2 aliphatic heterocycles. The molecule has 2 saturated heterocycles. The molecule has 2 unspecified atom stereocenters.